The van der Waals surface area contributed by atoms with Gasteiger partial charge >= 0.3 is 0 Å². The van der Waals surface area contributed by atoms with Gasteiger partial charge in [0, 0.05) is 15.6 Å². The first kappa shape index (κ1) is 14.6. The molecule has 0 atom stereocenters. The van der Waals surface area contributed by atoms with Gasteiger partial charge in [-0.15, -0.1) is 6.42 Å². The molecule has 1 aromatic heterocycles. The van der Waals surface area contributed by atoms with Gasteiger partial charge in [0.25, 0.3) is 5.91 Å². The number of rotatable bonds is 4. The van der Waals surface area contributed by atoms with E-state index in [1.54, 1.807) is 12.3 Å². The van der Waals surface area contributed by atoms with Crippen LogP contribution in [0.15, 0.2) is 57.0 Å². The molecule has 0 radical (unpaired) electrons. The quantitative estimate of drug-likeness (QED) is 0.863. The Kier molecular flexibility index (Phi) is 5.22. The maximum absolute atomic E-state index is 12.0. The van der Waals surface area contributed by atoms with Gasteiger partial charge < -0.3 is 5.32 Å². The lowest BCUT2D eigenvalue weighted by molar-refractivity contribution is 0.0956. The summed E-state index contributed by atoms with van der Waals surface area (Å²) in [5.41, 5.74) is 0.595. The van der Waals surface area contributed by atoms with Gasteiger partial charge in [0.1, 0.15) is 5.03 Å². The largest absolute Gasteiger partial charge is 0.341 e. The molecule has 100 valence electrons. The van der Waals surface area contributed by atoms with Gasteiger partial charge in [0.15, 0.2) is 0 Å². The number of carbonyl (C=O) groups is 1. The summed E-state index contributed by atoms with van der Waals surface area (Å²) in [7, 11) is 0. The summed E-state index contributed by atoms with van der Waals surface area (Å²) in [5, 5.41) is 3.49. The highest BCUT2D eigenvalue weighted by Gasteiger charge is 2.11. The predicted octanol–water partition coefficient (Wildman–Crippen LogP) is 3.36. The summed E-state index contributed by atoms with van der Waals surface area (Å²) >= 11 is 4.78. The number of terminal acetylenes is 1. The molecule has 0 aliphatic carbocycles. The first-order valence-electron chi connectivity index (χ1n) is 5.81. The van der Waals surface area contributed by atoms with Crippen LogP contribution in [0.3, 0.4) is 0 Å². The fraction of sp³-hybridized carbons (Fsp3) is 0.0667. The van der Waals surface area contributed by atoms with Crippen molar-refractivity contribution in [3.63, 3.8) is 0 Å². The van der Waals surface area contributed by atoms with Crippen molar-refractivity contribution in [1.82, 2.24) is 10.3 Å². The predicted molar refractivity (Wildman–Crippen MR) is 83.7 cm³/mol. The zero-order valence-corrected chi connectivity index (χ0v) is 12.9. The molecule has 1 N–H and O–H groups in total. The van der Waals surface area contributed by atoms with Crippen LogP contribution in [-0.2, 0) is 0 Å². The second-order valence-electron chi connectivity index (χ2n) is 3.80. The summed E-state index contributed by atoms with van der Waals surface area (Å²) in [6.07, 6.45) is 6.87. The zero-order chi connectivity index (χ0) is 14.4. The number of benzene rings is 1. The van der Waals surface area contributed by atoms with E-state index in [1.807, 2.05) is 30.3 Å². The molecule has 0 aliphatic heterocycles. The van der Waals surface area contributed by atoms with Crippen molar-refractivity contribution >= 4 is 33.6 Å². The molecule has 2 aromatic rings. The molecule has 0 aliphatic rings. The van der Waals surface area contributed by atoms with Gasteiger partial charge in [0.2, 0.25) is 0 Å². The lowest BCUT2D eigenvalue weighted by Crippen LogP contribution is -2.23. The summed E-state index contributed by atoms with van der Waals surface area (Å²) in [4.78, 5) is 17.2. The second-order valence-corrected chi connectivity index (χ2v) is 5.78. The zero-order valence-electron chi connectivity index (χ0n) is 10.5. The Balaban J connectivity index is 2.21. The Hall–Kier alpha value is -1.77. The first-order chi connectivity index (χ1) is 9.70. The molecule has 1 heterocycles. The maximum atomic E-state index is 12.0. The molecular formula is C15H11BrN2OS. The van der Waals surface area contributed by atoms with Crippen molar-refractivity contribution in [2.75, 3.05) is 6.54 Å². The topological polar surface area (TPSA) is 42.0 Å². The number of halogens is 1. The van der Waals surface area contributed by atoms with Crippen LogP contribution in [-0.4, -0.2) is 17.4 Å². The number of hydrogen-bond acceptors (Lipinski definition) is 3. The van der Waals surface area contributed by atoms with E-state index in [-0.39, 0.29) is 12.5 Å². The van der Waals surface area contributed by atoms with Crippen molar-refractivity contribution in [2.24, 2.45) is 0 Å². The molecular weight excluding hydrogens is 336 g/mol. The molecule has 2 rings (SSSR count). The number of amides is 1. The van der Waals surface area contributed by atoms with Crippen molar-refractivity contribution in [2.45, 2.75) is 9.92 Å². The third-order valence-corrected chi connectivity index (χ3v) is 3.89. The van der Waals surface area contributed by atoms with E-state index < -0.39 is 0 Å². The summed E-state index contributed by atoms with van der Waals surface area (Å²) < 4.78 is 0.918. The van der Waals surface area contributed by atoms with Gasteiger partial charge in [-0.1, -0.05) is 29.8 Å². The van der Waals surface area contributed by atoms with Gasteiger partial charge in [-0.25, -0.2) is 4.98 Å². The van der Waals surface area contributed by atoms with Crippen molar-refractivity contribution in [3.8, 4) is 12.3 Å². The van der Waals surface area contributed by atoms with Gasteiger partial charge in [-0.2, -0.15) is 0 Å². The number of nitrogens with one attached hydrogen (secondary N) is 1. The Labute approximate surface area is 130 Å². The van der Waals surface area contributed by atoms with Crippen LogP contribution >= 0.6 is 27.7 Å². The van der Waals surface area contributed by atoms with E-state index in [1.165, 1.54) is 11.8 Å². The van der Waals surface area contributed by atoms with Gasteiger partial charge in [-0.05, 0) is 40.2 Å². The fourth-order valence-electron chi connectivity index (χ4n) is 1.51. The molecule has 0 saturated heterocycles. The molecule has 0 unspecified atom stereocenters. The SMILES string of the molecule is C#CCNC(=O)c1ccccc1Sc1ccc(Br)cn1. The van der Waals surface area contributed by atoms with E-state index in [2.05, 4.69) is 32.2 Å². The monoisotopic (exact) mass is 346 g/mol. The third-order valence-electron chi connectivity index (χ3n) is 2.40. The van der Waals surface area contributed by atoms with Crippen LogP contribution in [0.1, 0.15) is 10.4 Å². The standard InChI is InChI=1S/C15H11BrN2OS/c1-2-9-17-15(19)12-5-3-4-6-13(12)20-14-8-7-11(16)10-18-14/h1,3-8,10H,9H2,(H,17,19). The Morgan fingerprint density at radius 2 is 2.15 bits per heavy atom. The highest BCUT2D eigenvalue weighted by atomic mass is 79.9. The molecule has 20 heavy (non-hydrogen) atoms. The van der Waals surface area contributed by atoms with Crippen molar-refractivity contribution in [3.05, 3.63) is 52.6 Å². The Morgan fingerprint density at radius 3 is 2.85 bits per heavy atom. The maximum Gasteiger partial charge on any atom is 0.253 e. The minimum absolute atomic E-state index is 0.178. The number of hydrogen-bond donors (Lipinski definition) is 1. The normalized spacial score (nSPS) is 9.80. The number of aromatic nitrogens is 1. The van der Waals surface area contributed by atoms with Gasteiger partial charge in [-0.3, -0.25) is 4.79 Å². The van der Waals surface area contributed by atoms with Crippen LogP contribution in [0.5, 0.6) is 0 Å². The second kappa shape index (κ2) is 7.13. The molecule has 1 aromatic carbocycles. The third kappa shape index (κ3) is 3.86. The first-order valence-corrected chi connectivity index (χ1v) is 7.42. The molecule has 0 bridgehead atoms. The summed E-state index contributed by atoms with van der Waals surface area (Å²) in [6.45, 7) is 0.217. The van der Waals surface area contributed by atoms with Crippen molar-refractivity contribution in [1.29, 1.82) is 0 Å². The van der Waals surface area contributed by atoms with Crippen LogP contribution in [0.25, 0.3) is 0 Å². The molecule has 0 fully saturated rings. The average Bonchev–Trinajstić information content (AvgIpc) is 2.48. The minimum Gasteiger partial charge on any atom is -0.341 e. The Morgan fingerprint density at radius 1 is 1.35 bits per heavy atom. The van der Waals surface area contributed by atoms with E-state index in [9.17, 15) is 4.79 Å². The number of pyridine rings is 1. The lowest BCUT2D eigenvalue weighted by Gasteiger charge is -2.08. The molecule has 0 saturated carbocycles. The molecule has 1 amide bonds. The highest BCUT2D eigenvalue weighted by Crippen LogP contribution is 2.29. The average molecular weight is 347 g/mol. The molecule has 3 nitrogen and oxygen atoms in total. The fourth-order valence-corrected chi connectivity index (χ4v) is 2.62. The van der Waals surface area contributed by atoms with Crippen LogP contribution in [0, 0.1) is 12.3 Å². The van der Waals surface area contributed by atoms with E-state index in [4.69, 9.17) is 6.42 Å². The smallest absolute Gasteiger partial charge is 0.253 e. The Bertz CT molecular complexity index is 650. The van der Waals surface area contributed by atoms with Crippen LogP contribution < -0.4 is 5.32 Å². The molecule has 0 spiro atoms. The van der Waals surface area contributed by atoms with Crippen LogP contribution in [0.4, 0.5) is 0 Å². The highest BCUT2D eigenvalue weighted by molar-refractivity contribution is 9.10. The van der Waals surface area contributed by atoms with E-state index in [0.29, 0.717) is 5.56 Å². The molecule has 5 heteroatoms. The van der Waals surface area contributed by atoms with Crippen molar-refractivity contribution < 1.29 is 4.79 Å². The lowest BCUT2D eigenvalue weighted by atomic mass is 10.2. The van der Waals surface area contributed by atoms with E-state index in [0.717, 1.165) is 14.4 Å². The van der Waals surface area contributed by atoms with Gasteiger partial charge in [0.05, 0.1) is 12.1 Å². The minimum atomic E-state index is -0.178. The number of nitrogens with zero attached hydrogens (tertiary/aromatic N) is 1. The summed E-state index contributed by atoms with van der Waals surface area (Å²) in [6, 6.07) is 11.2. The number of carbonyl (C=O) groups excluding carboxylic acids is 1. The van der Waals surface area contributed by atoms with E-state index >= 15 is 0 Å². The summed E-state index contributed by atoms with van der Waals surface area (Å²) in [5.74, 6) is 2.21. The van der Waals surface area contributed by atoms with Crippen LogP contribution in [0.2, 0.25) is 0 Å².